The number of allylic oxidation sites excluding steroid dienone is 2. The normalized spacial score (nSPS) is 13.1. The average Bonchev–Trinajstić information content (AvgIpc) is 2.15. The van der Waals surface area contributed by atoms with Gasteiger partial charge in [-0.2, -0.15) is 0 Å². The van der Waals surface area contributed by atoms with Gasteiger partial charge in [0.2, 0.25) is 0 Å². The highest BCUT2D eigenvalue weighted by Gasteiger charge is 1.96. The van der Waals surface area contributed by atoms with E-state index < -0.39 is 0 Å². The summed E-state index contributed by atoms with van der Waals surface area (Å²) in [7, 11) is -0.133. The van der Waals surface area contributed by atoms with Gasteiger partial charge in [-0.15, -0.1) is 0 Å². The molecule has 0 N–H and O–H groups in total. The van der Waals surface area contributed by atoms with E-state index in [9.17, 15) is 0 Å². The van der Waals surface area contributed by atoms with Crippen molar-refractivity contribution >= 4 is 13.2 Å². The smallest absolute Gasteiger partial charge is 0.0204 e. The van der Waals surface area contributed by atoms with Crippen LogP contribution in [-0.4, -0.2) is 6.66 Å². The molecule has 0 aliphatic carbocycles. The highest BCUT2D eigenvalue weighted by molar-refractivity contribution is 7.67. The van der Waals surface area contributed by atoms with E-state index in [4.69, 9.17) is 0 Å². The van der Waals surface area contributed by atoms with Crippen LogP contribution >= 0.6 is 7.92 Å². The van der Waals surface area contributed by atoms with Crippen LogP contribution in [0, 0.1) is 0 Å². The Kier molecular flexibility index (Phi) is 3.76. The second-order valence-electron chi connectivity index (χ2n) is 2.52. The first-order valence-electron chi connectivity index (χ1n) is 3.91. The van der Waals surface area contributed by atoms with Gasteiger partial charge >= 0.3 is 0 Å². The number of hydrogen-bond donors (Lipinski definition) is 0. The Labute approximate surface area is 75.4 Å². The first-order chi connectivity index (χ1) is 5.84. The molecule has 0 heterocycles. The Morgan fingerprint density at radius 1 is 1.25 bits per heavy atom. The van der Waals surface area contributed by atoms with Gasteiger partial charge in [0.25, 0.3) is 0 Å². The highest BCUT2D eigenvalue weighted by Crippen LogP contribution is 2.30. The molecule has 0 aliphatic heterocycles. The molecule has 12 heavy (non-hydrogen) atoms. The first-order valence-corrected chi connectivity index (χ1v) is 5.77. The molecule has 1 aromatic rings. The summed E-state index contributed by atoms with van der Waals surface area (Å²) < 4.78 is 0. The van der Waals surface area contributed by atoms with Crippen LogP contribution < -0.4 is 5.30 Å². The first kappa shape index (κ1) is 9.22. The van der Waals surface area contributed by atoms with Crippen LogP contribution in [0.1, 0.15) is 0 Å². The zero-order valence-corrected chi connectivity index (χ0v) is 8.17. The Morgan fingerprint density at radius 3 is 2.50 bits per heavy atom. The molecule has 0 saturated carbocycles. The van der Waals surface area contributed by atoms with E-state index in [1.165, 1.54) is 5.30 Å². The van der Waals surface area contributed by atoms with E-state index in [1.807, 2.05) is 18.2 Å². The van der Waals surface area contributed by atoms with Crippen molar-refractivity contribution < 1.29 is 0 Å². The zero-order valence-electron chi connectivity index (χ0n) is 7.27. The number of rotatable bonds is 3. The molecule has 0 bridgehead atoms. The lowest BCUT2D eigenvalue weighted by Gasteiger charge is -2.05. The van der Waals surface area contributed by atoms with Gasteiger partial charge in [0.1, 0.15) is 0 Å². The summed E-state index contributed by atoms with van der Waals surface area (Å²) in [4.78, 5) is 0. The van der Waals surface area contributed by atoms with Crippen molar-refractivity contribution in [2.45, 2.75) is 0 Å². The lowest BCUT2D eigenvalue weighted by molar-refractivity contribution is 1.77. The summed E-state index contributed by atoms with van der Waals surface area (Å²) >= 11 is 0. The molecule has 0 spiro atoms. The van der Waals surface area contributed by atoms with Gasteiger partial charge in [0.15, 0.2) is 0 Å². The van der Waals surface area contributed by atoms with Crippen molar-refractivity contribution in [1.82, 2.24) is 0 Å². The summed E-state index contributed by atoms with van der Waals surface area (Å²) in [5.41, 5.74) is 0. The van der Waals surface area contributed by atoms with Crippen LogP contribution in [0.4, 0.5) is 0 Å². The molecule has 0 aromatic heterocycles. The fraction of sp³-hybridized carbons (Fsp3) is 0.0909. The van der Waals surface area contributed by atoms with Gasteiger partial charge in [-0.1, -0.05) is 62.8 Å². The average molecular weight is 176 g/mol. The lowest BCUT2D eigenvalue weighted by atomic mass is 10.4. The Balaban J connectivity index is 2.71. The van der Waals surface area contributed by atoms with Gasteiger partial charge in [0.05, 0.1) is 0 Å². The minimum atomic E-state index is -0.133. The second kappa shape index (κ2) is 4.90. The summed E-state index contributed by atoms with van der Waals surface area (Å²) in [6, 6.07) is 10.5. The molecule has 1 aromatic carbocycles. The zero-order chi connectivity index (χ0) is 8.81. The lowest BCUT2D eigenvalue weighted by Crippen LogP contribution is -1.95. The van der Waals surface area contributed by atoms with Crippen molar-refractivity contribution in [2.24, 2.45) is 0 Å². The maximum Gasteiger partial charge on any atom is -0.0204 e. The molecule has 0 nitrogen and oxygen atoms in total. The molecule has 1 atom stereocenters. The van der Waals surface area contributed by atoms with Gasteiger partial charge < -0.3 is 0 Å². The third-order valence-corrected chi connectivity index (χ3v) is 3.34. The highest BCUT2D eigenvalue weighted by atomic mass is 31.1. The predicted octanol–water partition coefficient (Wildman–Crippen LogP) is 3.12. The number of hydrogen-bond acceptors (Lipinski definition) is 0. The number of benzene rings is 1. The Hall–Kier alpha value is -0.870. The van der Waals surface area contributed by atoms with Crippen molar-refractivity contribution in [3.63, 3.8) is 0 Å². The van der Waals surface area contributed by atoms with Crippen molar-refractivity contribution in [3.05, 3.63) is 54.9 Å². The molecule has 0 amide bonds. The molecular weight excluding hydrogens is 163 g/mol. The summed E-state index contributed by atoms with van der Waals surface area (Å²) in [6.45, 7) is 5.89. The van der Waals surface area contributed by atoms with Crippen LogP contribution in [0.15, 0.2) is 54.9 Å². The van der Waals surface area contributed by atoms with E-state index in [1.54, 1.807) is 0 Å². The largest absolute Gasteiger partial charge is 0.0991 e. The van der Waals surface area contributed by atoms with Crippen molar-refractivity contribution in [3.8, 4) is 0 Å². The van der Waals surface area contributed by atoms with Crippen LogP contribution in [-0.2, 0) is 0 Å². The van der Waals surface area contributed by atoms with Gasteiger partial charge in [-0.3, -0.25) is 0 Å². The Morgan fingerprint density at radius 2 is 1.92 bits per heavy atom. The SMILES string of the molecule is C=C/C=C/P(C)c1ccccc1. The van der Waals surface area contributed by atoms with E-state index in [-0.39, 0.29) is 7.92 Å². The van der Waals surface area contributed by atoms with Crippen LogP contribution in [0.3, 0.4) is 0 Å². The third-order valence-electron chi connectivity index (χ3n) is 1.61. The van der Waals surface area contributed by atoms with E-state index in [0.29, 0.717) is 0 Å². The van der Waals surface area contributed by atoms with Gasteiger partial charge in [0, 0.05) is 0 Å². The van der Waals surface area contributed by atoms with Crippen LogP contribution in [0.25, 0.3) is 0 Å². The van der Waals surface area contributed by atoms with Gasteiger partial charge in [-0.05, 0) is 12.0 Å². The van der Waals surface area contributed by atoms with Crippen molar-refractivity contribution in [1.29, 1.82) is 0 Å². The predicted molar refractivity (Wildman–Crippen MR) is 58.3 cm³/mol. The fourth-order valence-corrected chi connectivity index (χ4v) is 2.13. The Bertz CT molecular complexity index is 262. The molecule has 62 valence electrons. The maximum absolute atomic E-state index is 3.65. The molecule has 0 radical (unpaired) electrons. The van der Waals surface area contributed by atoms with Crippen molar-refractivity contribution in [2.75, 3.05) is 6.66 Å². The molecule has 1 heteroatoms. The molecule has 0 aliphatic rings. The molecule has 0 fully saturated rings. The van der Waals surface area contributed by atoms with E-state index in [2.05, 4.69) is 43.3 Å². The van der Waals surface area contributed by atoms with E-state index >= 15 is 0 Å². The molecule has 1 unspecified atom stereocenters. The fourth-order valence-electron chi connectivity index (χ4n) is 0.939. The van der Waals surface area contributed by atoms with E-state index in [0.717, 1.165) is 0 Å². The quantitative estimate of drug-likeness (QED) is 0.490. The third kappa shape index (κ3) is 2.64. The minimum absolute atomic E-state index is 0.133. The maximum atomic E-state index is 3.65. The second-order valence-corrected chi connectivity index (χ2v) is 4.56. The minimum Gasteiger partial charge on any atom is -0.0991 e. The molecule has 1 rings (SSSR count). The van der Waals surface area contributed by atoms with Crippen LogP contribution in [0.5, 0.6) is 0 Å². The van der Waals surface area contributed by atoms with Gasteiger partial charge in [-0.25, -0.2) is 0 Å². The van der Waals surface area contributed by atoms with Crippen LogP contribution in [0.2, 0.25) is 0 Å². The topological polar surface area (TPSA) is 0 Å². The molecular formula is C11H13P. The standard InChI is InChI=1S/C11H13P/c1-3-4-10-12(2)11-8-6-5-7-9-11/h3-10H,1H2,2H3/b10-4+. The summed E-state index contributed by atoms with van der Waals surface area (Å²) in [5.74, 6) is 2.21. The molecule has 0 saturated heterocycles. The monoisotopic (exact) mass is 176 g/mol. The summed E-state index contributed by atoms with van der Waals surface area (Å²) in [6.07, 6.45) is 3.83. The summed E-state index contributed by atoms with van der Waals surface area (Å²) in [5, 5.41) is 1.41.